The summed E-state index contributed by atoms with van der Waals surface area (Å²) in [6.45, 7) is 17.5. The van der Waals surface area contributed by atoms with E-state index in [1.807, 2.05) is 0 Å². The molecular weight excluding hydrogens is 825 g/mol. The minimum Gasteiger partial charge on any atom is -0.497 e. The van der Waals surface area contributed by atoms with E-state index >= 15 is 0 Å². The van der Waals surface area contributed by atoms with Crippen molar-refractivity contribution >= 4 is 34.1 Å². The molecule has 0 aliphatic heterocycles. The second kappa shape index (κ2) is 16.5. The van der Waals surface area contributed by atoms with Gasteiger partial charge in [-0.2, -0.15) is 0 Å². The summed E-state index contributed by atoms with van der Waals surface area (Å²) >= 11 is 0. The van der Waals surface area contributed by atoms with E-state index in [4.69, 9.17) is 18.9 Å². The SMILES string of the molecule is COc1cc(C)c(N(c2ccc3c(c2)C2(c4ccccc4-3)c3ccccc3-c3ccc(N(c4c(C)cc(OC)cc4C)c4c(C)cc(OC)cc4C)cc32)c2c(C)cc(OC)cc2C)c(C)c1. The van der Waals surface area contributed by atoms with Gasteiger partial charge in [-0.1, -0.05) is 60.7 Å². The Morgan fingerprint density at radius 1 is 0.299 bits per heavy atom. The van der Waals surface area contributed by atoms with Crippen molar-refractivity contribution in [2.24, 2.45) is 0 Å². The average molecular weight is 883 g/mol. The van der Waals surface area contributed by atoms with Gasteiger partial charge in [-0.15, -0.1) is 0 Å². The Morgan fingerprint density at radius 3 is 0.821 bits per heavy atom. The molecule has 8 aromatic rings. The Morgan fingerprint density at radius 2 is 0.552 bits per heavy atom. The number of benzene rings is 8. The number of methoxy groups -OCH3 is 4. The molecule has 6 nitrogen and oxygen atoms in total. The zero-order valence-electron chi connectivity index (χ0n) is 40.7. The molecule has 0 amide bonds. The maximum Gasteiger partial charge on any atom is 0.119 e. The zero-order valence-corrected chi connectivity index (χ0v) is 40.7. The van der Waals surface area contributed by atoms with Crippen LogP contribution in [-0.4, -0.2) is 28.4 Å². The van der Waals surface area contributed by atoms with Crippen LogP contribution in [0.25, 0.3) is 22.3 Å². The van der Waals surface area contributed by atoms with Gasteiger partial charge in [-0.3, -0.25) is 0 Å². The largest absolute Gasteiger partial charge is 0.497 e. The van der Waals surface area contributed by atoms with Crippen LogP contribution in [0.15, 0.2) is 133 Å². The van der Waals surface area contributed by atoms with Crippen molar-refractivity contribution in [3.63, 3.8) is 0 Å². The summed E-state index contributed by atoms with van der Waals surface area (Å²) in [5, 5.41) is 0. The molecule has 0 fully saturated rings. The summed E-state index contributed by atoms with van der Waals surface area (Å²) in [5.41, 5.74) is 25.1. The lowest BCUT2D eigenvalue weighted by atomic mass is 9.70. The molecule has 0 bridgehead atoms. The fourth-order valence-electron chi connectivity index (χ4n) is 11.7. The molecule has 1 spiro atoms. The van der Waals surface area contributed by atoms with Gasteiger partial charge in [0.05, 0.1) is 56.6 Å². The van der Waals surface area contributed by atoms with Gasteiger partial charge >= 0.3 is 0 Å². The number of hydrogen-bond donors (Lipinski definition) is 0. The Hall–Kier alpha value is -7.44. The van der Waals surface area contributed by atoms with Crippen molar-refractivity contribution in [2.45, 2.75) is 60.8 Å². The summed E-state index contributed by atoms with van der Waals surface area (Å²) in [7, 11) is 6.95. The molecule has 0 saturated heterocycles. The normalized spacial score (nSPS) is 12.6. The van der Waals surface area contributed by atoms with Crippen LogP contribution in [0.1, 0.15) is 66.8 Å². The van der Waals surface area contributed by atoms with Crippen LogP contribution in [0.4, 0.5) is 34.1 Å². The monoisotopic (exact) mass is 882 g/mol. The van der Waals surface area contributed by atoms with Gasteiger partial charge in [0.25, 0.3) is 0 Å². The summed E-state index contributed by atoms with van der Waals surface area (Å²) in [4.78, 5) is 4.94. The molecule has 0 heterocycles. The number of ether oxygens (including phenoxy) is 4. The molecule has 2 aliphatic carbocycles. The molecule has 0 radical (unpaired) electrons. The molecule has 0 N–H and O–H groups in total. The van der Waals surface area contributed by atoms with Crippen molar-refractivity contribution in [1.29, 1.82) is 0 Å². The second-order valence-corrected chi connectivity index (χ2v) is 18.4. The van der Waals surface area contributed by atoms with Crippen LogP contribution in [-0.2, 0) is 5.41 Å². The van der Waals surface area contributed by atoms with E-state index in [-0.39, 0.29) is 0 Å². The van der Waals surface area contributed by atoms with E-state index in [9.17, 15) is 0 Å². The van der Waals surface area contributed by atoms with Gasteiger partial charge in [0, 0.05) is 11.4 Å². The maximum atomic E-state index is 5.81. The van der Waals surface area contributed by atoms with Gasteiger partial charge in [0.1, 0.15) is 23.0 Å². The van der Waals surface area contributed by atoms with Crippen LogP contribution in [0.5, 0.6) is 23.0 Å². The summed E-state index contributed by atoms with van der Waals surface area (Å²) in [5.74, 6) is 3.37. The van der Waals surface area contributed by atoms with E-state index in [2.05, 4.69) is 199 Å². The number of anilines is 6. The first-order valence-electron chi connectivity index (χ1n) is 23.0. The molecule has 67 heavy (non-hydrogen) atoms. The van der Waals surface area contributed by atoms with E-state index in [1.54, 1.807) is 28.4 Å². The third-order valence-corrected chi connectivity index (χ3v) is 14.3. The molecule has 0 aromatic heterocycles. The predicted octanol–water partition coefficient (Wildman–Crippen LogP) is 15.5. The first-order chi connectivity index (χ1) is 32.3. The highest BCUT2D eigenvalue weighted by atomic mass is 16.5. The van der Waals surface area contributed by atoms with Crippen LogP contribution < -0.4 is 28.7 Å². The molecule has 8 aromatic carbocycles. The van der Waals surface area contributed by atoms with Gasteiger partial charge in [0.15, 0.2) is 0 Å². The fourth-order valence-corrected chi connectivity index (χ4v) is 11.7. The van der Waals surface area contributed by atoms with Crippen LogP contribution in [0.2, 0.25) is 0 Å². The third kappa shape index (κ3) is 6.59. The molecule has 6 heteroatoms. The first kappa shape index (κ1) is 43.5. The van der Waals surface area contributed by atoms with E-state index in [1.165, 1.54) is 44.5 Å². The molecule has 10 rings (SSSR count). The number of aryl methyl sites for hydroxylation is 8. The molecule has 0 saturated carbocycles. The van der Waals surface area contributed by atoms with Crippen LogP contribution in [0.3, 0.4) is 0 Å². The van der Waals surface area contributed by atoms with Crippen molar-refractivity contribution in [3.8, 4) is 45.3 Å². The second-order valence-electron chi connectivity index (χ2n) is 18.4. The van der Waals surface area contributed by atoms with Gasteiger partial charge < -0.3 is 28.7 Å². The minimum absolute atomic E-state index is 0.636. The quantitative estimate of drug-likeness (QED) is 0.136. The Balaban J connectivity index is 1.29. The maximum absolute atomic E-state index is 5.81. The lowest BCUT2D eigenvalue weighted by Gasteiger charge is -2.35. The Labute approximate surface area is 396 Å². The topological polar surface area (TPSA) is 43.4 Å². The number of nitrogens with zero attached hydrogens (tertiary/aromatic N) is 2. The van der Waals surface area contributed by atoms with Gasteiger partial charge in [0.2, 0.25) is 0 Å². The lowest BCUT2D eigenvalue weighted by molar-refractivity contribution is 0.414. The molecular formula is C61H58N2O4. The number of hydrogen-bond acceptors (Lipinski definition) is 6. The van der Waals surface area contributed by atoms with Gasteiger partial charge in [-0.05, 0) is 217 Å². The lowest BCUT2D eigenvalue weighted by Crippen LogP contribution is -2.27. The fraction of sp³-hybridized carbons (Fsp3) is 0.213. The summed E-state index contributed by atoms with van der Waals surface area (Å²) < 4.78 is 23.2. The van der Waals surface area contributed by atoms with Gasteiger partial charge in [-0.25, -0.2) is 0 Å². The Bertz CT molecular complexity index is 2880. The molecule has 0 unspecified atom stereocenters. The highest BCUT2D eigenvalue weighted by molar-refractivity contribution is 5.98. The van der Waals surface area contributed by atoms with E-state index in [0.29, 0.717) is 0 Å². The summed E-state index contributed by atoms with van der Waals surface area (Å²) in [6, 6.07) is 49.5. The smallest absolute Gasteiger partial charge is 0.119 e. The van der Waals surface area contributed by atoms with Crippen molar-refractivity contribution in [1.82, 2.24) is 0 Å². The third-order valence-electron chi connectivity index (χ3n) is 14.3. The van der Waals surface area contributed by atoms with Crippen molar-refractivity contribution < 1.29 is 18.9 Å². The van der Waals surface area contributed by atoms with Crippen molar-refractivity contribution in [2.75, 3.05) is 38.2 Å². The number of fused-ring (bicyclic) bond motifs is 10. The van der Waals surface area contributed by atoms with E-state index < -0.39 is 5.41 Å². The minimum atomic E-state index is -0.636. The first-order valence-corrected chi connectivity index (χ1v) is 23.0. The van der Waals surface area contributed by atoms with Crippen LogP contribution in [0, 0.1) is 55.4 Å². The average Bonchev–Trinajstić information content (AvgIpc) is 3.78. The van der Waals surface area contributed by atoms with Crippen molar-refractivity contribution in [3.05, 3.63) is 200 Å². The van der Waals surface area contributed by atoms with E-state index in [0.717, 1.165) is 102 Å². The molecule has 0 atom stereocenters. The highest BCUT2D eigenvalue weighted by Gasteiger charge is 2.52. The zero-order chi connectivity index (χ0) is 47.1. The van der Waals surface area contributed by atoms with Crippen LogP contribution >= 0.6 is 0 Å². The highest BCUT2D eigenvalue weighted by Crippen LogP contribution is 2.64. The standard InChI is InChI=1S/C61H58N2O4/c1-35-25-45(64-9)26-36(2)57(35)62(58-37(3)27-46(65-10)28-38(58)4)43-21-23-51-49-17-13-15-19-53(49)61(55(51)33-43)54-20-16-14-18-50(54)52-24-22-44(34-56(52)61)63(59-39(5)29-47(66-11)30-40(59)6)60-41(7)31-48(67-12)32-42(60)8/h13-34H,1-12H3. The molecule has 336 valence electrons. The number of rotatable bonds is 10. The predicted molar refractivity (Wildman–Crippen MR) is 276 cm³/mol. The summed E-state index contributed by atoms with van der Waals surface area (Å²) in [6.07, 6.45) is 0. The Kier molecular flexibility index (Phi) is 10.7. The molecule has 2 aliphatic rings.